The van der Waals surface area contributed by atoms with Crippen LogP contribution >= 0.6 is 34.2 Å². The van der Waals surface area contributed by atoms with Crippen molar-refractivity contribution in [2.45, 2.75) is 52.4 Å². The lowest BCUT2D eigenvalue weighted by Gasteiger charge is -2.41. The number of ether oxygens (including phenoxy) is 2. The van der Waals surface area contributed by atoms with Gasteiger partial charge in [-0.2, -0.15) is 0 Å². The molecule has 1 aliphatic heterocycles. The standard InChI is InChI=1S/C25H29ClFIN2O4/c1-15-6-7-17(12-20(15)27)22(33-21-9-8-18(28)13-19(21)26)23(31)29-10-11-30(16(2)14-29)24(32)34-25(3,4)5/h6-9,12-13,16,22H,10-11,14H2,1-5H3/t16-,22?/m1/s1. The van der Waals surface area contributed by atoms with Crippen molar-refractivity contribution >= 4 is 46.2 Å². The maximum Gasteiger partial charge on any atom is 0.410 e. The number of rotatable bonds is 4. The first-order valence-electron chi connectivity index (χ1n) is 11.0. The lowest BCUT2D eigenvalue weighted by molar-refractivity contribution is -0.142. The summed E-state index contributed by atoms with van der Waals surface area (Å²) in [6, 6.07) is 9.60. The highest BCUT2D eigenvalue weighted by atomic mass is 127. The van der Waals surface area contributed by atoms with Crippen molar-refractivity contribution in [3.05, 3.63) is 61.9 Å². The Morgan fingerprint density at radius 1 is 1.18 bits per heavy atom. The first-order chi connectivity index (χ1) is 15.9. The first-order valence-corrected chi connectivity index (χ1v) is 12.5. The quantitative estimate of drug-likeness (QED) is 0.404. The summed E-state index contributed by atoms with van der Waals surface area (Å²) in [5, 5.41) is 0.361. The van der Waals surface area contributed by atoms with Crippen molar-refractivity contribution in [2.75, 3.05) is 19.6 Å². The largest absolute Gasteiger partial charge is 0.474 e. The molecule has 3 rings (SSSR count). The highest BCUT2D eigenvalue weighted by Crippen LogP contribution is 2.32. The molecule has 34 heavy (non-hydrogen) atoms. The van der Waals surface area contributed by atoms with Crippen LogP contribution in [0.4, 0.5) is 9.18 Å². The average molecular weight is 603 g/mol. The fourth-order valence-corrected chi connectivity index (χ4v) is 4.55. The number of carbonyl (C=O) groups excluding carboxylic acids is 2. The Balaban J connectivity index is 1.84. The fraction of sp³-hybridized carbons (Fsp3) is 0.440. The first kappa shape index (κ1) is 26.5. The topological polar surface area (TPSA) is 59.1 Å². The summed E-state index contributed by atoms with van der Waals surface area (Å²) in [5.74, 6) is -0.411. The molecule has 0 spiro atoms. The van der Waals surface area contributed by atoms with Crippen LogP contribution in [0.15, 0.2) is 36.4 Å². The van der Waals surface area contributed by atoms with Crippen molar-refractivity contribution in [1.82, 2.24) is 9.80 Å². The molecule has 184 valence electrons. The summed E-state index contributed by atoms with van der Waals surface area (Å²) in [6.45, 7) is 9.88. The Bertz CT molecular complexity index is 1080. The van der Waals surface area contributed by atoms with Crippen molar-refractivity contribution in [3.63, 3.8) is 0 Å². The number of nitrogens with zero attached hydrogens (tertiary/aromatic N) is 2. The van der Waals surface area contributed by atoms with E-state index in [2.05, 4.69) is 22.6 Å². The minimum atomic E-state index is -1.09. The van der Waals surface area contributed by atoms with Gasteiger partial charge in [-0.15, -0.1) is 0 Å². The maximum absolute atomic E-state index is 14.4. The molecule has 1 aliphatic rings. The van der Waals surface area contributed by atoms with Crippen LogP contribution in [-0.4, -0.2) is 53.1 Å². The van der Waals surface area contributed by atoms with Crippen LogP contribution in [-0.2, 0) is 9.53 Å². The van der Waals surface area contributed by atoms with Crippen LogP contribution in [0.3, 0.4) is 0 Å². The molecule has 0 aliphatic carbocycles. The van der Waals surface area contributed by atoms with Crippen LogP contribution in [0, 0.1) is 16.3 Å². The zero-order valence-electron chi connectivity index (χ0n) is 19.9. The Morgan fingerprint density at radius 2 is 1.88 bits per heavy atom. The minimum Gasteiger partial charge on any atom is -0.474 e. The zero-order chi connectivity index (χ0) is 25.2. The molecule has 0 bridgehead atoms. The monoisotopic (exact) mass is 602 g/mol. The molecule has 1 heterocycles. The number of halogens is 3. The number of aryl methyl sites for hydroxylation is 1. The smallest absolute Gasteiger partial charge is 0.410 e. The lowest BCUT2D eigenvalue weighted by Crippen LogP contribution is -2.57. The van der Waals surface area contributed by atoms with E-state index < -0.39 is 23.6 Å². The van der Waals surface area contributed by atoms with E-state index in [-0.39, 0.29) is 11.9 Å². The van der Waals surface area contributed by atoms with E-state index in [9.17, 15) is 14.0 Å². The Hall–Kier alpha value is -2.07. The van der Waals surface area contributed by atoms with E-state index in [1.165, 1.54) is 6.07 Å². The van der Waals surface area contributed by atoms with Gasteiger partial charge in [0.25, 0.3) is 5.91 Å². The number of benzene rings is 2. The van der Waals surface area contributed by atoms with Gasteiger partial charge in [-0.25, -0.2) is 9.18 Å². The van der Waals surface area contributed by atoms with Crippen LogP contribution in [0.1, 0.15) is 44.9 Å². The van der Waals surface area contributed by atoms with E-state index in [1.807, 2.05) is 33.8 Å². The molecule has 0 saturated carbocycles. The molecular weight excluding hydrogens is 574 g/mol. The van der Waals surface area contributed by atoms with Gasteiger partial charge in [0.15, 0.2) is 0 Å². The minimum absolute atomic E-state index is 0.259. The molecule has 6 nitrogen and oxygen atoms in total. The van der Waals surface area contributed by atoms with Crippen molar-refractivity contribution in [3.8, 4) is 5.75 Å². The van der Waals surface area contributed by atoms with Gasteiger partial charge in [0, 0.05) is 34.8 Å². The highest BCUT2D eigenvalue weighted by Gasteiger charge is 2.36. The summed E-state index contributed by atoms with van der Waals surface area (Å²) >= 11 is 8.48. The Labute approximate surface area is 218 Å². The van der Waals surface area contributed by atoms with Gasteiger partial charge in [0.05, 0.1) is 5.02 Å². The predicted molar refractivity (Wildman–Crippen MR) is 138 cm³/mol. The lowest BCUT2D eigenvalue weighted by atomic mass is 10.0. The third kappa shape index (κ3) is 6.53. The number of hydrogen-bond acceptors (Lipinski definition) is 4. The Morgan fingerprint density at radius 3 is 2.47 bits per heavy atom. The molecule has 0 radical (unpaired) electrons. The van der Waals surface area contributed by atoms with Crippen LogP contribution < -0.4 is 4.74 Å². The summed E-state index contributed by atoms with van der Waals surface area (Å²) in [6.07, 6.45) is -1.50. The molecule has 1 fully saturated rings. The second-order valence-electron chi connectivity index (χ2n) is 9.39. The van der Waals surface area contributed by atoms with Gasteiger partial charge in [0.1, 0.15) is 17.2 Å². The van der Waals surface area contributed by atoms with Gasteiger partial charge >= 0.3 is 6.09 Å². The summed E-state index contributed by atoms with van der Waals surface area (Å²) in [5.41, 5.74) is 0.261. The van der Waals surface area contributed by atoms with Gasteiger partial charge in [-0.3, -0.25) is 4.79 Å². The molecule has 1 unspecified atom stereocenters. The molecule has 1 saturated heterocycles. The molecule has 9 heteroatoms. The van der Waals surface area contributed by atoms with E-state index in [0.29, 0.717) is 41.5 Å². The van der Waals surface area contributed by atoms with Crippen molar-refractivity contribution < 1.29 is 23.5 Å². The van der Waals surface area contributed by atoms with E-state index in [0.717, 1.165) is 3.57 Å². The van der Waals surface area contributed by atoms with Gasteiger partial charge in [0.2, 0.25) is 6.10 Å². The highest BCUT2D eigenvalue weighted by molar-refractivity contribution is 14.1. The molecule has 2 aromatic carbocycles. The van der Waals surface area contributed by atoms with Gasteiger partial charge < -0.3 is 19.3 Å². The molecular formula is C25H29ClFIN2O4. The summed E-state index contributed by atoms with van der Waals surface area (Å²) < 4.78 is 26.9. The average Bonchev–Trinajstić information content (AvgIpc) is 2.73. The van der Waals surface area contributed by atoms with Crippen LogP contribution in [0.2, 0.25) is 5.02 Å². The van der Waals surface area contributed by atoms with E-state index in [4.69, 9.17) is 21.1 Å². The van der Waals surface area contributed by atoms with Gasteiger partial charge in [-0.05, 0) is 87.0 Å². The predicted octanol–water partition coefficient (Wildman–Crippen LogP) is 5.98. The second kappa shape index (κ2) is 10.7. The third-order valence-electron chi connectivity index (χ3n) is 5.43. The molecule has 2 atom stereocenters. The van der Waals surface area contributed by atoms with Crippen molar-refractivity contribution in [2.24, 2.45) is 0 Å². The summed E-state index contributed by atoms with van der Waals surface area (Å²) in [4.78, 5) is 29.4. The SMILES string of the molecule is Cc1ccc(C(Oc2ccc(I)cc2Cl)C(=O)N2CCN(C(=O)OC(C)(C)C)[C@H](C)C2)cc1F. The van der Waals surface area contributed by atoms with Gasteiger partial charge in [-0.1, -0.05) is 23.7 Å². The van der Waals surface area contributed by atoms with E-state index in [1.54, 1.807) is 41.0 Å². The maximum atomic E-state index is 14.4. The van der Waals surface area contributed by atoms with Crippen molar-refractivity contribution in [1.29, 1.82) is 0 Å². The Kier molecular flexibility index (Phi) is 8.34. The molecule has 0 N–H and O–H groups in total. The van der Waals surface area contributed by atoms with Crippen LogP contribution in [0.25, 0.3) is 0 Å². The molecule has 2 aromatic rings. The zero-order valence-corrected chi connectivity index (χ0v) is 22.8. The van der Waals surface area contributed by atoms with Crippen LogP contribution in [0.5, 0.6) is 5.75 Å². The fourth-order valence-electron chi connectivity index (χ4n) is 3.65. The second-order valence-corrected chi connectivity index (χ2v) is 11.0. The third-order valence-corrected chi connectivity index (χ3v) is 6.40. The number of amides is 2. The normalized spacial score (nSPS) is 17.4. The molecule has 0 aromatic heterocycles. The molecule has 2 amide bonds. The number of hydrogen-bond donors (Lipinski definition) is 0. The number of piperazine rings is 1. The van der Waals surface area contributed by atoms with E-state index >= 15 is 0 Å². The number of carbonyl (C=O) groups is 2. The summed E-state index contributed by atoms with van der Waals surface area (Å²) in [7, 11) is 0.